The molecule has 0 aromatic rings. The van der Waals surface area contributed by atoms with Crippen molar-refractivity contribution in [2.24, 2.45) is 0 Å². The van der Waals surface area contributed by atoms with Gasteiger partial charge in [-0.05, 0) is 22.6 Å². The monoisotopic (exact) mass is 492 g/mol. The molecular weight excluding hydrogens is 495 g/mol. The van der Waals surface area contributed by atoms with E-state index in [0.717, 1.165) is 22.6 Å². The molecule has 0 saturated carbocycles. The lowest BCUT2D eigenvalue weighted by Gasteiger charge is -2.30. The molecule has 0 aromatic heterocycles. The van der Waals surface area contributed by atoms with Gasteiger partial charge in [0.1, 0.15) is 0 Å². The highest BCUT2D eigenvalue weighted by molar-refractivity contribution is 14.1. The Morgan fingerprint density at radius 3 is 1.36 bits per heavy atom. The fourth-order valence-corrected chi connectivity index (χ4v) is 0.835. The smallest absolute Gasteiger partial charge is 0.168 e. The van der Waals surface area contributed by atoms with Crippen molar-refractivity contribution in [2.75, 3.05) is 0 Å². The largest absolute Gasteiger partial charge is 0.419 e. The van der Waals surface area contributed by atoms with E-state index < -0.39 is 11.2 Å². The Balaban J connectivity index is 4.75. The van der Waals surface area contributed by atoms with Gasteiger partial charge in [-0.15, -0.1) is 0 Å². The SMILES string of the molecule is FC(F)(F)C(Cl)(I)C(Br)(Br)Br. The highest BCUT2D eigenvalue weighted by Gasteiger charge is 2.62. The van der Waals surface area contributed by atoms with Gasteiger partial charge in [0.25, 0.3) is 0 Å². The summed E-state index contributed by atoms with van der Waals surface area (Å²) in [5.41, 5.74) is 0. The maximum absolute atomic E-state index is 12.1. The van der Waals surface area contributed by atoms with Crippen LogP contribution in [0.4, 0.5) is 13.2 Å². The normalized spacial score (nSPS) is 19.6. The van der Waals surface area contributed by atoms with Crippen molar-refractivity contribution >= 4 is 82.0 Å². The average Bonchev–Trinajstić information content (AvgIpc) is 1.58. The standard InChI is InChI=1S/C3Br3ClF3I/c4-2(5,6)1(7,11)3(8,9)10. The molecule has 1 unspecified atom stereocenters. The Labute approximate surface area is 105 Å². The zero-order valence-corrected chi connectivity index (χ0v) is 12.2. The van der Waals surface area contributed by atoms with Crippen LogP contribution in [0, 0.1) is 0 Å². The number of hydrogen-bond acceptors (Lipinski definition) is 0. The molecule has 0 spiro atoms. The molecule has 0 rings (SSSR count). The number of halogens is 8. The van der Waals surface area contributed by atoms with Gasteiger partial charge in [-0.25, -0.2) is 0 Å². The van der Waals surface area contributed by atoms with Crippen molar-refractivity contribution in [1.29, 1.82) is 0 Å². The van der Waals surface area contributed by atoms with E-state index in [4.69, 9.17) is 11.6 Å². The summed E-state index contributed by atoms with van der Waals surface area (Å²) in [6.45, 7) is 0. The van der Waals surface area contributed by atoms with E-state index >= 15 is 0 Å². The van der Waals surface area contributed by atoms with Gasteiger partial charge in [0.2, 0.25) is 2.88 Å². The molecule has 0 saturated heterocycles. The molecule has 0 aliphatic heterocycles. The van der Waals surface area contributed by atoms with Crippen LogP contribution in [0.5, 0.6) is 0 Å². The summed E-state index contributed by atoms with van der Waals surface area (Å²) in [6, 6.07) is 0. The average molecular weight is 495 g/mol. The molecule has 68 valence electrons. The minimum Gasteiger partial charge on any atom is -0.168 e. The van der Waals surface area contributed by atoms with Crippen LogP contribution in [-0.2, 0) is 0 Å². The van der Waals surface area contributed by atoms with Gasteiger partial charge in [-0.1, -0.05) is 59.4 Å². The summed E-state index contributed by atoms with van der Waals surface area (Å²) in [5.74, 6) is 0. The molecule has 0 aliphatic rings. The van der Waals surface area contributed by atoms with Gasteiger partial charge < -0.3 is 0 Å². The lowest BCUT2D eigenvalue weighted by atomic mass is 10.5. The van der Waals surface area contributed by atoms with E-state index in [0.29, 0.717) is 0 Å². The minimum absolute atomic E-state index is 1.09. The third-order valence-electron chi connectivity index (χ3n) is 0.712. The predicted molar refractivity (Wildman–Crippen MR) is 58.2 cm³/mol. The van der Waals surface area contributed by atoms with Gasteiger partial charge in [-0.2, -0.15) is 13.2 Å². The zero-order chi connectivity index (χ0) is 9.50. The summed E-state index contributed by atoms with van der Waals surface area (Å²) in [4.78, 5) is 0. The van der Waals surface area contributed by atoms with Crippen LogP contribution in [-0.4, -0.2) is 11.2 Å². The van der Waals surface area contributed by atoms with Crippen LogP contribution in [0.2, 0.25) is 0 Å². The molecule has 8 heteroatoms. The van der Waals surface area contributed by atoms with Gasteiger partial charge in [-0.3, -0.25) is 0 Å². The van der Waals surface area contributed by atoms with Crippen molar-refractivity contribution in [3.63, 3.8) is 0 Å². The topological polar surface area (TPSA) is 0 Å². The van der Waals surface area contributed by atoms with E-state index in [9.17, 15) is 13.2 Å². The van der Waals surface area contributed by atoms with Crippen molar-refractivity contribution in [3.8, 4) is 0 Å². The summed E-state index contributed by atoms with van der Waals surface area (Å²) < 4.78 is 32.3. The predicted octanol–water partition coefficient (Wildman–Crippen LogP) is 4.76. The van der Waals surface area contributed by atoms with Crippen molar-refractivity contribution in [2.45, 2.75) is 11.2 Å². The third-order valence-corrected chi connectivity index (χ3v) is 7.32. The van der Waals surface area contributed by atoms with Gasteiger partial charge in [0.15, 0.2) is 2.14 Å². The first kappa shape index (κ1) is 13.2. The first-order chi connectivity index (χ1) is 4.50. The highest BCUT2D eigenvalue weighted by Crippen LogP contribution is 2.59. The molecule has 0 amide bonds. The number of rotatable bonds is 0. The molecule has 0 bridgehead atoms. The van der Waals surface area contributed by atoms with Gasteiger partial charge in [0.05, 0.1) is 0 Å². The summed E-state index contributed by atoms with van der Waals surface area (Å²) >= 11 is 14.4. The van der Waals surface area contributed by atoms with E-state index in [1.165, 1.54) is 0 Å². The van der Waals surface area contributed by atoms with Crippen LogP contribution in [0.25, 0.3) is 0 Å². The molecule has 0 aliphatic carbocycles. The number of alkyl halides is 8. The lowest BCUT2D eigenvalue weighted by molar-refractivity contribution is -0.132. The second-order valence-corrected chi connectivity index (χ2v) is 11.2. The molecule has 11 heavy (non-hydrogen) atoms. The zero-order valence-electron chi connectivity index (χ0n) is 4.52. The molecule has 0 heterocycles. The minimum atomic E-state index is -4.51. The highest BCUT2D eigenvalue weighted by atomic mass is 127. The van der Waals surface area contributed by atoms with Crippen LogP contribution in [0.3, 0.4) is 0 Å². The maximum atomic E-state index is 12.1. The molecule has 0 aromatic carbocycles. The molecule has 1 atom stereocenters. The molecular formula is C3Br3ClF3I. The second kappa shape index (κ2) is 3.78. The number of hydrogen-bond donors (Lipinski definition) is 0. The van der Waals surface area contributed by atoms with Gasteiger partial charge in [0, 0.05) is 0 Å². The summed E-state index contributed by atoms with van der Waals surface area (Å²) in [5, 5.41) is 0. The van der Waals surface area contributed by atoms with Crippen molar-refractivity contribution in [3.05, 3.63) is 0 Å². The first-order valence-corrected chi connectivity index (χ1v) is 5.85. The Hall–Kier alpha value is 2.25. The van der Waals surface area contributed by atoms with Crippen LogP contribution < -0.4 is 0 Å². The Bertz CT molecular complexity index is 135. The maximum Gasteiger partial charge on any atom is 0.419 e. The molecule has 0 radical (unpaired) electrons. The quantitative estimate of drug-likeness (QED) is 0.336. The molecule has 0 fully saturated rings. The third kappa shape index (κ3) is 3.14. The van der Waals surface area contributed by atoms with Crippen molar-refractivity contribution < 1.29 is 13.2 Å². The van der Waals surface area contributed by atoms with E-state index in [1.54, 1.807) is 0 Å². The first-order valence-electron chi connectivity index (χ1n) is 2.01. The Morgan fingerprint density at radius 2 is 1.36 bits per heavy atom. The Kier molecular flexibility index (Phi) is 4.55. The van der Waals surface area contributed by atoms with E-state index in [-0.39, 0.29) is 0 Å². The van der Waals surface area contributed by atoms with Crippen molar-refractivity contribution in [1.82, 2.24) is 0 Å². The van der Waals surface area contributed by atoms with Crippen LogP contribution >= 0.6 is 82.0 Å². The molecule has 0 N–H and O–H groups in total. The fraction of sp³-hybridized carbons (Fsp3) is 1.00. The fourth-order valence-electron chi connectivity index (χ4n) is 0.161. The summed E-state index contributed by atoms with van der Waals surface area (Å²) in [6.07, 6.45) is -4.51. The lowest BCUT2D eigenvalue weighted by Crippen LogP contribution is -2.43. The van der Waals surface area contributed by atoms with Crippen LogP contribution in [0.15, 0.2) is 0 Å². The summed E-state index contributed by atoms with van der Waals surface area (Å²) in [7, 11) is 0. The van der Waals surface area contributed by atoms with E-state index in [1.807, 2.05) is 0 Å². The van der Waals surface area contributed by atoms with Gasteiger partial charge >= 0.3 is 6.18 Å². The Morgan fingerprint density at radius 1 is 1.09 bits per heavy atom. The molecule has 0 nitrogen and oxygen atoms in total. The van der Waals surface area contributed by atoms with Crippen LogP contribution in [0.1, 0.15) is 0 Å². The second-order valence-electron chi connectivity index (χ2n) is 1.57. The van der Waals surface area contributed by atoms with E-state index in [2.05, 4.69) is 47.8 Å².